The molecule has 1 aromatic heterocycles. The Morgan fingerprint density at radius 2 is 1.94 bits per heavy atom. The van der Waals surface area contributed by atoms with Gasteiger partial charge in [-0.1, -0.05) is 29.3 Å². The van der Waals surface area contributed by atoms with Crippen LogP contribution in [0.5, 0.6) is 0 Å². The SMILES string of the molecule is O=C(/C(Cl)=N\Nc1ccc(Cl)cc1)c1cccs1. The molecule has 0 radical (unpaired) electrons. The second-order valence-electron chi connectivity index (χ2n) is 3.33. The Bertz CT molecular complexity index is 564. The van der Waals surface area contributed by atoms with Crippen molar-refractivity contribution >= 4 is 51.2 Å². The molecule has 0 aliphatic heterocycles. The van der Waals surface area contributed by atoms with Crippen molar-refractivity contribution in [2.24, 2.45) is 5.10 Å². The summed E-state index contributed by atoms with van der Waals surface area (Å²) in [6, 6.07) is 10.4. The van der Waals surface area contributed by atoms with Crippen molar-refractivity contribution in [3.05, 3.63) is 51.7 Å². The predicted molar refractivity (Wildman–Crippen MR) is 77.0 cm³/mol. The first-order chi connectivity index (χ1) is 8.66. The summed E-state index contributed by atoms with van der Waals surface area (Å²) in [6.45, 7) is 0. The van der Waals surface area contributed by atoms with Gasteiger partial charge in [0.1, 0.15) is 0 Å². The van der Waals surface area contributed by atoms with Crippen molar-refractivity contribution in [2.45, 2.75) is 0 Å². The van der Waals surface area contributed by atoms with Crippen LogP contribution in [0, 0.1) is 0 Å². The van der Waals surface area contributed by atoms with Gasteiger partial charge in [0.05, 0.1) is 10.6 Å². The van der Waals surface area contributed by atoms with Crippen LogP contribution in [0.25, 0.3) is 0 Å². The quantitative estimate of drug-likeness (QED) is 0.521. The first-order valence-corrected chi connectivity index (χ1v) is 6.63. The summed E-state index contributed by atoms with van der Waals surface area (Å²) < 4.78 is 0. The second-order valence-corrected chi connectivity index (χ2v) is 5.07. The summed E-state index contributed by atoms with van der Waals surface area (Å²) in [5.74, 6) is -0.298. The molecule has 0 saturated heterocycles. The van der Waals surface area contributed by atoms with Gasteiger partial charge in [0.25, 0.3) is 0 Å². The molecule has 1 N–H and O–H groups in total. The zero-order valence-electron chi connectivity index (χ0n) is 9.06. The number of thiophene rings is 1. The largest absolute Gasteiger partial charge is 0.285 e. The van der Waals surface area contributed by atoms with E-state index in [0.29, 0.717) is 15.6 Å². The van der Waals surface area contributed by atoms with E-state index >= 15 is 0 Å². The van der Waals surface area contributed by atoms with Crippen LogP contribution in [0.4, 0.5) is 5.69 Å². The van der Waals surface area contributed by atoms with Crippen molar-refractivity contribution < 1.29 is 4.79 Å². The number of anilines is 1. The average molecular weight is 299 g/mol. The third kappa shape index (κ3) is 3.32. The lowest BCUT2D eigenvalue weighted by Crippen LogP contribution is -2.08. The van der Waals surface area contributed by atoms with Crippen LogP contribution >= 0.6 is 34.5 Å². The van der Waals surface area contributed by atoms with Gasteiger partial charge < -0.3 is 0 Å². The Labute approximate surface area is 118 Å². The number of nitrogens with zero attached hydrogens (tertiary/aromatic N) is 1. The van der Waals surface area contributed by atoms with Crippen LogP contribution in [0.1, 0.15) is 9.67 Å². The van der Waals surface area contributed by atoms with Crippen LogP contribution in [0.3, 0.4) is 0 Å². The third-order valence-electron chi connectivity index (χ3n) is 2.06. The monoisotopic (exact) mass is 298 g/mol. The Balaban J connectivity index is 2.05. The summed E-state index contributed by atoms with van der Waals surface area (Å²) in [7, 11) is 0. The Morgan fingerprint density at radius 3 is 2.56 bits per heavy atom. The Kier molecular flexibility index (Phi) is 4.36. The lowest BCUT2D eigenvalue weighted by molar-refractivity contribution is 0.107. The minimum atomic E-state index is -0.298. The lowest BCUT2D eigenvalue weighted by atomic mass is 10.3. The van der Waals surface area contributed by atoms with E-state index in [0.717, 1.165) is 0 Å². The minimum Gasteiger partial charge on any atom is -0.285 e. The molecule has 0 spiro atoms. The predicted octanol–water partition coefficient (Wildman–Crippen LogP) is 4.25. The third-order valence-corrected chi connectivity index (χ3v) is 3.44. The molecule has 1 heterocycles. The highest BCUT2D eigenvalue weighted by molar-refractivity contribution is 7.14. The van der Waals surface area contributed by atoms with Crippen LogP contribution in [-0.2, 0) is 0 Å². The molecule has 2 aromatic rings. The molecule has 18 heavy (non-hydrogen) atoms. The topological polar surface area (TPSA) is 41.5 Å². The fourth-order valence-electron chi connectivity index (χ4n) is 1.20. The maximum Gasteiger partial charge on any atom is 0.234 e. The summed E-state index contributed by atoms with van der Waals surface area (Å²) in [6.07, 6.45) is 0. The molecule has 1 aromatic carbocycles. The number of hydrogen-bond donors (Lipinski definition) is 1. The molecule has 0 atom stereocenters. The van der Waals surface area contributed by atoms with Crippen LogP contribution in [0.15, 0.2) is 46.9 Å². The normalized spacial score (nSPS) is 11.3. The van der Waals surface area contributed by atoms with Gasteiger partial charge in [-0.05, 0) is 35.7 Å². The summed E-state index contributed by atoms with van der Waals surface area (Å²) in [4.78, 5) is 12.3. The van der Waals surface area contributed by atoms with Crippen molar-refractivity contribution in [1.82, 2.24) is 0 Å². The molecule has 0 aliphatic rings. The molecule has 2 rings (SSSR count). The van der Waals surface area contributed by atoms with Gasteiger partial charge in [0, 0.05) is 5.02 Å². The van der Waals surface area contributed by atoms with Crippen molar-refractivity contribution in [3.63, 3.8) is 0 Å². The van der Waals surface area contributed by atoms with E-state index in [-0.39, 0.29) is 11.0 Å². The fourth-order valence-corrected chi connectivity index (χ4v) is 2.19. The highest BCUT2D eigenvalue weighted by atomic mass is 35.5. The van der Waals surface area contributed by atoms with Crippen molar-refractivity contribution in [2.75, 3.05) is 5.43 Å². The number of benzene rings is 1. The van der Waals surface area contributed by atoms with E-state index in [1.165, 1.54) is 11.3 Å². The molecule has 0 saturated carbocycles. The van der Waals surface area contributed by atoms with E-state index in [2.05, 4.69) is 10.5 Å². The zero-order chi connectivity index (χ0) is 13.0. The molecule has 3 nitrogen and oxygen atoms in total. The lowest BCUT2D eigenvalue weighted by Gasteiger charge is -2.00. The van der Waals surface area contributed by atoms with Gasteiger partial charge in [-0.2, -0.15) is 5.10 Å². The van der Waals surface area contributed by atoms with Crippen LogP contribution in [-0.4, -0.2) is 11.0 Å². The van der Waals surface area contributed by atoms with Gasteiger partial charge in [0.15, 0.2) is 5.17 Å². The van der Waals surface area contributed by atoms with Crippen molar-refractivity contribution in [3.8, 4) is 0 Å². The van der Waals surface area contributed by atoms with E-state index < -0.39 is 0 Å². The highest BCUT2D eigenvalue weighted by Crippen LogP contribution is 2.15. The number of Topliss-reactive ketones (excluding diaryl/α,β-unsaturated/α-hetero) is 1. The summed E-state index contributed by atoms with van der Waals surface area (Å²) >= 11 is 12.9. The number of hydrogen-bond acceptors (Lipinski definition) is 4. The molecule has 0 aliphatic carbocycles. The molecular weight excluding hydrogens is 291 g/mol. The van der Waals surface area contributed by atoms with E-state index in [1.807, 2.05) is 5.38 Å². The number of carbonyl (C=O) groups excluding carboxylic acids is 1. The minimum absolute atomic E-state index is 0.104. The van der Waals surface area contributed by atoms with E-state index in [9.17, 15) is 4.79 Å². The average Bonchev–Trinajstić information content (AvgIpc) is 2.90. The van der Waals surface area contributed by atoms with E-state index in [4.69, 9.17) is 23.2 Å². The van der Waals surface area contributed by atoms with Crippen LogP contribution < -0.4 is 5.43 Å². The zero-order valence-corrected chi connectivity index (χ0v) is 11.4. The molecule has 92 valence electrons. The molecule has 6 heteroatoms. The standard InChI is InChI=1S/C12H8Cl2N2OS/c13-8-3-5-9(6-4-8)15-16-12(14)11(17)10-2-1-7-18-10/h1-7,15H/b16-12+. The second kappa shape index (κ2) is 6.00. The van der Waals surface area contributed by atoms with Gasteiger partial charge in [-0.25, -0.2) is 0 Å². The van der Waals surface area contributed by atoms with Gasteiger partial charge in [-0.15, -0.1) is 11.3 Å². The number of nitrogens with one attached hydrogen (secondary N) is 1. The van der Waals surface area contributed by atoms with Crippen LogP contribution in [0.2, 0.25) is 5.02 Å². The fraction of sp³-hybridized carbons (Fsp3) is 0. The van der Waals surface area contributed by atoms with E-state index in [1.54, 1.807) is 36.4 Å². The summed E-state index contributed by atoms with van der Waals surface area (Å²) in [5, 5.41) is 6.16. The Hall–Kier alpha value is -1.36. The number of rotatable bonds is 4. The molecule has 0 fully saturated rings. The molecule has 0 amide bonds. The highest BCUT2D eigenvalue weighted by Gasteiger charge is 2.12. The molecule has 0 bridgehead atoms. The summed E-state index contributed by atoms with van der Waals surface area (Å²) in [5.41, 5.74) is 3.40. The van der Waals surface area contributed by atoms with Gasteiger partial charge >= 0.3 is 0 Å². The molecular formula is C12H8Cl2N2OS. The smallest absolute Gasteiger partial charge is 0.234 e. The van der Waals surface area contributed by atoms with Gasteiger partial charge in [0.2, 0.25) is 5.78 Å². The number of halogens is 2. The number of carbonyl (C=O) groups is 1. The maximum atomic E-state index is 11.8. The number of ketones is 1. The Morgan fingerprint density at radius 1 is 1.22 bits per heavy atom. The van der Waals surface area contributed by atoms with Crippen molar-refractivity contribution in [1.29, 1.82) is 0 Å². The van der Waals surface area contributed by atoms with Gasteiger partial charge in [-0.3, -0.25) is 10.2 Å². The molecule has 0 unspecified atom stereocenters. The maximum absolute atomic E-state index is 11.8. The number of hydrazone groups is 1. The first kappa shape index (κ1) is 13.1. The first-order valence-electron chi connectivity index (χ1n) is 5.00.